The fourth-order valence-electron chi connectivity index (χ4n) is 5.93. The lowest BCUT2D eigenvalue weighted by molar-refractivity contribution is -0.955. The van der Waals surface area contributed by atoms with Crippen molar-refractivity contribution in [3.05, 3.63) is 71.8 Å². The maximum Gasteiger partial charge on any atom is 0.176 e. The fraction of sp³-hybridized carbons (Fsp3) is 0.480. The van der Waals surface area contributed by atoms with Crippen LogP contribution in [0.1, 0.15) is 24.0 Å². The van der Waals surface area contributed by atoms with Gasteiger partial charge in [0.05, 0.1) is 39.3 Å². The SMILES string of the molecule is O=C1C2(c3ccccc3)C[NH+](CCCO)CC1(c1ccccc1)C[NH+](CCCO)C2. The molecule has 2 aliphatic heterocycles. The maximum absolute atomic E-state index is 14.4. The number of nitrogens with one attached hydrogen (secondary N) is 2. The van der Waals surface area contributed by atoms with Gasteiger partial charge in [-0.05, 0) is 11.1 Å². The van der Waals surface area contributed by atoms with Crippen LogP contribution in [0.4, 0.5) is 0 Å². The summed E-state index contributed by atoms with van der Waals surface area (Å²) in [5.74, 6) is 0.355. The van der Waals surface area contributed by atoms with Crippen LogP contribution in [0.2, 0.25) is 0 Å². The summed E-state index contributed by atoms with van der Waals surface area (Å²) in [5.41, 5.74) is 1.14. The highest BCUT2D eigenvalue weighted by Crippen LogP contribution is 2.38. The zero-order chi connectivity index (χ0) is 21.0. The molecule has 2 bridgehead atoms. The van der Waals surface area contributed by atoms with Crippen LogP contribution in [0.5, 0.6) is 0 Å². The Morgan fingerprint density at radius 2 is 1.03 bits per heavy atom. The van der Waals surface area contributed by atoms with Crippen LogP contribution in [0, 0.1) is 0 Å². The average Bonchev–Trinajstić information content (AvgIpc) is 2.78. The van der Waals surface area contributed by atoms with E-state index in [2.05, 4.69) is 24.3 Å². The number of carbonyl (C=O) groups is 1. The van der Waals surface area contributed by atoms with Crippen molar-refractivity contribution in [2.24, 2.45) is 0 Å². The van der Waals surface area contributed by atoms with E-state index in [1.54, 1.807) is 0 Å². The standard InChI is InChI=1S/C25H32N2O3/c28-15-7-13-26-17-24(21-9-3-1-4-10-21)18-27(14-8-16-29)20-25(19-26,23(24)30)22-11-5-2-6-12-22/h1-6,9-12,28-29H,7-8,13-20H2/p+2. The number of quaternary nitrogens is 2. The predicted molar refractivity (Wildman–Crippen MR) is 116 cm³/mol. The van der Waals surface area contributed by atoms with Gasteiger partial charge in [0.25, 0.3) is 0 Å². The van der Waals surface area contributed by atoms with E-state index in [0.29, 0.717) is 5.78 Å². The predicted octanol–water partition coefficient (Wildman–Crippen LogP) is -1.01. The Hall–Kier alpha value is -2.05. The third kappa shape index (κ3) is 3.71. The number of ketones is 1. The second-order valence-electron chi connectivity index (χ2n) is 9.09. The van der Waals surface area contributed by atoms with Gasteiger partial charge in [-0.15, -0.1) is 0 Å². The smallest absolute Gasteiger partial charge is 0.176 e. The molecule has 0 aliphatic carbocycles. The van der Waals surface area contributed by atoms with Crippen molar-refractivity contribution in [1.82, 2.24) is 0 Å². The van der Waals surface area contributed by atoms with Crippen molar-refractivity contribution in [2.75, 3.05) is 52.5 Å². The highest BCUT2D eigenvalue weighted by atomic mass is 16.3. The van der Waals surface area contributed by atoms with Gasteiger partial charge in [0.2, 0.25) is 0 Å². The van der Waals surface area contributed by atoms with Crippen LogP contribution in [0.3, 0.4) is 0 Å². The third-order valence-corrected chi connectivity index (χ3v) is 7.11. The topological polar surface area (TPSA) is 66.4 Å². The van der Waals surface area contributed by atoms with E-state index in [9.17, 15) is 15.0 Å². The Bertz CT molecular complexity index is 758. The molecule has 4 N–H and O–H groups in total. The molecule has 2 aromatic rings. The highest BCUT2D eigenvalue weighted by Gasteiger charge is 2.66. The van der Waals surface area contributed by atoms with Gasteiger partial charge >= 0.3 is 0 Å². The van der Waals surface area contributed by atoms with Crippen LogP contribution in [-0.2, 0) is 15.6 Å². The number of aliphatic hydroxyl groups is 2. The normalized spacial score (nSPS) is 30.9. The van der Waals surface area contributed by atoms with Crippen molar-refractivity contribution in [2.45, 2.75) is 23.7 Å². The molecule has 2 saturated heterocycles. The highest BCUT2D eigenvalue weighted by molar-refractivity contribution is 6.00. The van der Waals surface area contributed by atoms with Crippen molar-refractivity contribution < 1.29 is 24.8 Å². The number of piperidine rings is 2. The molecule has 0 spiro atoms. The number of likely N-dealkylation sites (tertiary alicyclic amines) is 2. The van der Waals surface area contributed by atoms with E-state index in [1.807, 2.05) is 36.4 Å². The van der Waals surface area contributed by atoms with Crippen molar-refractivity contribution >= 4 is 5.78 Å². The molecule has 0 atom stereocenters. The number of benzene rings is 2. The van der Waals surface area contributed by atoms with Gasteiger partial charge in [0.1, 0.15) is 0 Å². The fourth-order valence-corrected chi connectivity index (χ4v) is 5.93. The molecule has 0 saturated carbocycles. The summed E-state index contributed by atoms with van der Waals surface area (Å²) in [6.45, 7) is 5.20. The summed E-state index contributed by atoms with van der Waals surface area (Å²) in [7, 11) is 0. The molecule has 0 aromatic heterocycles. The van der Waals surface area contributed by atoms with Crippen molar-refractivity contribution in [1.29, 1.82) is 0 Å². The van der Waals surface area contributed by atoms with Gasteiger partial charge < -0.3 is 20.0 Å². The van der Waals surface area contributed by atoms with E-state index >= 15 is 0 Å². The summed E-state index contributed by atoms with van der Waals surface area (Å²) in [5, 5.41) is 18.9. The quantitative estimate of drug-likeness (QED) is 0.451. The summed E-state index contributed by atoms with van der Waals surface area (Å²) in [6.07, 6.45) is 1.50. The summed E-state index contributed by atoms with van der Waals surface area (Å²) < 4.78 is 0. The Labute approximate surface area is 178 Å². The first-order valence-electron chi connectivity index (χ1n) is 11.2. The van der Waals surface area contributed by atoms with Gasteiger partial charge in [-0.2, -0.15) is 0 Å². The van der Waals surface area contributed by atoms with Crippen LogP contribution in [0.25, 0.3) is 0 Å². The second kappa shape index (κ2) is 8.98. The summed E-state index contributed by atoms with van der Waals surface area (Å²) in [6, 6.07) is 20.6. The zero-order valence-corrected chi connectivity index (χ0v) is 17.6. The minimum absolute atomic E-state index is 0.183. The second-order valence-corrected chi connectivity index (χ2v) is 9.09. The Morgan fingerprint density at radius 1 is 0.667 bits per heavy atom. The lowest BCUT2D eigenvalue weighted by atomic mass is 9.57. The number of carbonyl (C=O) groups excluding carboxylic acids is 1. The van der Waals surface area contributed by atoms with Gasteiger partial charge in [0, 0.05) is 26.1 Å². The molecule has 0 radical (unpaired) electrons. The average molecular weight is 411 g/mol. The first kappa shape index (κ1) is 21.2. The van der Waals surface area contributed by atoms with Gasteiger partial charge in [-0.25, -0.2) is 0 Å². The lowest BCUT2D eigenvalue weighted by Crippen LogP contribution is -3.26. The zero-order valence-electron chi connectivity index (χ0n) is 17.6. The molecule has 5 nitrogen and oxygen atoms in total. The molecule has 5 heteroatoms. The molecule has 2 heterocycles. The molecule has 30 heavy (non-hydrogen) atoms. The maximum atomic E-state index is 14.4. The molecule has 0 amide bonds. The Balaban J connectivity index is 1.84. The van der Waals surface area contributed by atoms with Crippen LogP contribution in [0.15, 0.2) is 60.7 Å². The third-order valence-electron chi connectivity index (χ3n) is 7.11. The van der Waals surface area contributed by atoms with E-state index in [1.165, 1.54) is 9.80 Å². The monoisotopic (exact) mass is 410 g/mol. The first-order valence-corrected chi connectivity index (χ1v) is 11.2. The largest absolute Gasteiger partial charge is 0.396 e. The van der Waals surface area contributed by atoms with Gasteiger partial charge in [-0.3, -0.25) is 4.79 Å². The molecule has 160 valence electrons. The van der Waals surface area contributed by atoms with Crippen molar-refractivity contribution in [3.63, 3.8) is 0 Å². The van der Waals surface area contributed by atoms with E-state index in [4.69, 9.17) is 0 Å². The summed E-state index contributed by atoms with van der Waals surface area (Å²) in [4.78, 5) is 17.2. The van der Waals surface area contributed by atoms with Crippen molar-refractivity contribution in [3.8, 4) is 0 Å². The number of hydrogen-bond acceptors (Lipinski definition) is 3. The Kier molecular flexibility index (Phi) is 6.34. The number of rotatable bonds is 8. The number of fused-ring (bicyclic) bond motifs is 2. The number of Topliss-reactive ketones (excluding diaryl/α,β-unsaturated/α-hetero) is 1. The minimum Gasteiger partial charge on any atom is -0.396 e. The van der Waals surface area contributed by atoms with E-state index in [0.717, 1.165) is 63.2 Å². The number of aliphatic hydroxyl groups excluding tert-OH is 2. The van der Waals surface area contributed by atoms with Crippen LogP contribution >= 0.6 is 0 Å². The molecule has 2 aromatic carbocycles. The Morgan fingerprint density at radius 3 is 1.37 bits per heavy atom. The lowest BCUT2D eigenvalue weighted by Gasteiger charge is -2.53. The molecular weight excluding hydrogens is 376 g/mol. The number of hydrogen-bond donors (Lipinski definition) is 4. The molecular formula is C25H34N2O3+2. The van der Waals surface area contributed by atoms with E-state index in [-0.39, 0.29) is 13.2 Å². The van der Waals surface area contributed by atoms with E-state index < -0.39 is 10.8 Å². The molecule has 2 aliphatic rings. The van der Waals surface area contributed by atoms with Gasteiger partial charge in [0.15, 0.2) is 16.6 Å². The molecule has 0 unspecified atom stereocenters. The molecule has 2 fully saturated rings. The minimum atomic E-state index is -0.539. The first-order chi connectivity index (χ1) is 14.6. The van der Waals surface area contributed by atoms with Crippen LogP contribution < -0.4 is 9.80 Å². The van der Waals surface area contributed by atoms with Gasteiger partial charge in [-0.1, -0.05) is 60.7 Å². The van der Waals surface area contributed by atoms with Crippen LogP contribution in [-0.4, -0.2) is 68.5 Å². The summed E-state index contributed by atoms with van der Waals surface area (Å²) >= 11 is 0. The molecule has 4 rings (SSSR count).